The number of hydrogen-bond acceptors (Lipinski definition) is 2. The lowest BCUT2D eigenvalue weighted by Crippen LogP contribution is -2.50. The van der Waals surface area contributed by atoms with Crippen molar-refractivity contribution in [2.45, 2.75) is 91.9 Å². The van der Waals surface area contributed by atoms with Gasteiger partial charge in [-0.3, -0.25) is 0 Å². The van der Waals surface area contributed by atoms with E-state index in [2.05, 4.69) is 53.8 Å². The molecule has 1 rings (SSSR count). The van der Waals surface area contributed by atoms with E-state index in [1.165, 1.54) is 25.7 Å². The van der Waals surface area contributed by atoms with Gasteiger partial charge in [0.25, 0.3) is 0 Å². The lowest BCUT2D eigenvalue weighted by molar-refractivity contribution is -0.105. The van der Waals surface area contributed by atoms with E-state index in [9.17, 15) is 0 Å². The van der Waals surface area contributed by atoms with Crippen molar-refractivity contribution in [3.63, 3.8) is 0 Å². The van der Waals surface area contributed by atoms with Crippen molar-refractivity contribution < 1.29 is 4.74 Å². The summed E-state index contributed by atoms with van der Waals surface area (Å²) in [6.07, 6.45) is 5.41. The van der Waals surface area contributed by atoms with Crippen LogP contribution in [0.1, 0.15) is 74.1 Å². The van der Waals surface area contributed by atoms with Gasteiger partial charge in [0, 0.05) is 6.04 Å². The summed E-state index contributed by atoms with van der Waals surface area (Å²) < 4.78 is 6.35. The molecule has 2 nitrogen and oxygen atoms in total. The molecular weight excluding hydrogens is 234 g/mol. The van der Waals surface area contributed by atoms with Gasteiger partial charge < -0.3 is 10.1 Å². The van der Waals surface area contributed by atoms with E-state index in [1.54, 1.807) is 0 Å². The molecule has 0 radical (unpaired) electrons. The van der Waals surface area contributed by atoms with E-state index in [4.69, 9.17) is 4.74 Å². The van der Waals surface area contributed by atoms with Gasteiger partial charge in [-0.25, -0.2) is 0 Å². The molecule has 1 saturated carbocycles. The molecule has 0 aromatic rings. The van der Waals surface area contributed by atoms with Gasteiger partial charge in [-0.15, -0.1) is 0 Å². The molecule has 0 aromatic carbocycles. The molecule has 3 unspecified atom stereocenters. The zero-order valence-corrected chi connectivity index (χ0v) is 14.2. The molecule has 3 atom stereocenters. The molecule has 2 heteroatoms. The van der Waals surface area contributed by atoms with Crippen molar-refractivity contribution in [3.05, 3.63) is 0 Å². The highest BCUT2D eigenvalue weighted by atomic mass is 16.5. The molecule has 0 aliphatic heterocycles. The Kier molecular flexibility index (Phi) is 5.88. The monoisotopic (exact) mass is 269 g/mol. The Labute approximate surface area is 120 Å². The van der Waals surface area contributed by atoms with Crippen molar-refractivity contribution in [1.82, 2.24) is 5.32 Å². The lowest BCUT2D eigenvalue weighted by atomic mass is 9.68. The van der Waals surface area contributed by atoms with Crippen LogP contribution in [0.5, 0.6) is 0 Å². The third-order valence-corrected chi connectivity index (χ3v) is 4.78. The number of ether oxygens (including phenoxy) is 1. The van der Waals surface area contributed by atoms with E-state index in [0.29, 0.717) is 17.6 Å². The fourth-order valence-electron chi connectivity index (χ4n) is 3.21. The van der Waals surface area contributed by atoms with Crippen LogP contribution in [0.15, 0.2) is 0 Å². The second-order valence-corrected chi connectivity index (χ2v) is 7.78. The van der Waals surface area contributed by atoms with Crippen LogP contribution in [0, 0.1) is 11.3 Å². The van der Waals surface area contributed by atoms with Crippen molar-refractivity contribution in [2.75, 3.05) is 6.54 Å². The van der Waals surface area contributed by atoms with Crippen molar-refractivity contribution in [3.8, 4) is 0 Å². The molecule has 0 amide bonds. The van der Waals surface area contributed by atoms with E-state index >= 15 is 0 Å². The van der Waals surface area contributed by atoms with E-state index in [1.807, 2.05) is 0 Å². The Bertz CT molecular complexity index is 267. The highest BCUT2D eigenvalue weighted by Crippen LogP contribution is 2.42. The summed E-state index contributed by atoms with van der Waals surface area (Å²) in [5.41, 5.74) is 0.396. The zero-order valence-electron chi connectivity index (χ0n) is 14.2. The summed E-state index contributed by atoms with van der Waals surface area (Å²) in [6, 6.07) is 0.535. The van der Waals surface area contributed by atoms with Gasteiger partial charge in [-0.1, -0.05) is 34.1 Å². The van der Waals surface area contributed by atoms with Crippen LogP contribution in [0.25, 0.3) is 0 Å². The molecule has 0 bridgehead atoms. The number of nitrogens with one attached hydrogen (secondary N) is 1. The molecule has 19 heavy (non-hydrogen) atoms. The number of likely N-dealkylation sites (N-methyl/N-ethyl adjacent to an activating group) is 1. The average Bonchev–Trinajstić information content (AvgIpc) is 2.29. The van der Waals surface area contributed by atoms with Crippen LogP contribution in [0.3, 0.4) is 0 Å². The molecule has 1 fully saturated rings. The minimum Gasteiger partial charge on any atom is -0.371 e. The Morgan fingerprint density at radius 3 is 2.16 bits per heavy atom. The third-order valence-electron chi connectivity index (χ3n) is 4.78. The van der Waals surface area contributed by atoms with Crippen LogP contribution in [-0.2, 0) is 4.74 Å². The molecule has 0 spiro atoms. The predicted molar refractivity (Wildman–Crippen MR) is 83.5 cm³/mol. The molecular formula is C17H35NO. The maximum absolute atomic E-state index is 6.35. The Morgan fingerprint density at radius 1 is 1.05 bits per heavy atom. The second-order valence-electron chi connectivity index (χ2n) is 7.78. The van der Waals surface area contributed by atoms with Gasteiger partial charge in [0.1, 0.15) is 0 Å². The molecule has 1 N–H and O–H groups in total. The summed E-state index contributed by atoms with van der Waals surface area (Å²) in [5.74, 6) is 0.791. The maximum Gasteiger partial charge on any atom is 0.0737 e. The summed E-state index contributed by atoms with van der Waals surface area (Å²) in [7, 11) is 0. The minimum absolute atomic E-state index is 0.0451. The molecule has 1 aliphatic carbocycles. The van der Waals surface area contributed by atoms with Gasteiger partial charge >= 0.3 is 0 Å². The van der Waals surface area contributed by atoms with Crippen molar-refractivity contribution in [1.29, 1.82) is 0 Å². The smallest absolute Gasteiger partial charge is 0.0737 e. The summed E-state index contributed by atoms with van der Waals surface area (Å²) >= 11 is 0. The second kappa shape index (κ2) is 6.58. The first-order valence-corrected chi connectivity index (χ1v) is 8.10. The highest BCUT2D eigenvalue weighted by Gasteiger charge is 2.38. The van der Waals surface area contributed by atoms with Crippen LogP contribution in [0.2, 0.25) is 0 Å². The molecule has 114 valence electrons. The maximum atomic E-state index is 6.35. The molecule has 1 aliphatic rings. The third kappa shape index (κ3) is 5.07. The minimum atomic E-state index is -0.0451. The average molecular weight is 269 g/mol. The fourth-order valence-corrected chi connectivity index (χ4v) is 3.21. The summed E-state index contributed by atoms with van der Waals surface area (Å²) in [5, 5.41) is 3.62. The fraction of sp³-hybridized carbons (Fsp3) is 1.00. The topological polar surface area (TPSA) is 21.3 Å². The van der Waals surface area contributed by atoms with Crippen LogP contribution in [-0.4, -0.2) is 24.3 Å². The normalized spacial score (nSPS) is 29.5. The van der Waals surface area contributed by atoms with Gasteiger partial charge in [-0.05, 0) is 57.9 Å². The first kappa shape index (κ1) is 17.0. The van der Waals surface area contributed by atoms with E-state index in [0.717, 1.165) is 12.5 Å². The molecule has 0 aromatic heterocycles. The zero-order chi connectivity index (χ0) is 14.7. The van der Waals surface area contributed by atoms with E-state index in [-0.39, 0.29) is 5.60 Å². The number of rotatable bonds is 5. The summed E-state index contributed by atoms with van der Waals surface area (Å²) in [4.78, 5) is 0. The van der Waals surface area contributed by atoms with Gasteiger partial charge in [0.2, 0.25) is 0 Å². The largest absolute Gasteiger partial charge is 0.371 e. The first-order chi connectivity index (χ1) is 8.69. The predicted octanol–water partition coefficient (Wildman–Crippen LogP) is 4.38. The van der Waals surface area contributed by atoms with Crippen LogP contribution < -0.4 is 5.32 Å². The quantitative estimate of drug-likeness (QED) is 0.799. The molecule has 0 heterocycles. The Balaban J connectivity index is 2.73. The van der Waals surface area contributed by atoms with Crippen molar-refractivity contribution >= 4 is 0 Å². The van der Waals surface area contributed by atoms with E-state index < -0.39 is 0 Å². The van der Waals surface area contributed by atoms with Crippen molar-refractivity contribution in [2.24, 2.45) is 11.3 Å². The Morgan fingerprint density at radius 2 is 1.68 bits per heavy atom. The highest BCUT2D eigenvalue weighted by molar-refractivity contribution is 4.91. The first-order valence-electron chi connectivity index (χ1n) is 8.10. The summed E-state index contributed by atoms with van der Waals surface area (Å²) in [6.45, 7) is 16.9. The molecule has 0 saturated heterocycles. The lowest BCUT2D eigenvalue weighted by Gasteiger charge is -2.45. The standard InChI is InChI=1S/C17H35NO/c1-8-17(6,7)13-10-11-14(18-9-2)15(12-13)19-16(3,4)5/h13-15,18H,8-12H2,1-7H3. The SMILES string of the molecule is CCNC1CCC(C(C)(C)CC)CC1OC(C)(C)C. The Hall–Kier alpha value is -0.0800. The van der Waals surface area contributed by atoms with Crippen LogP contribution in [0.4, 0.5) is 0 Å². The van der Waals surface area contributed by atoms with Gasteiger partial charge in [0.15, 0.2) is 0 Å². The number of hydrogen-bond donors (Lipinski definition) is 1. The van der Waals surface area contributed by atoms with Gasteiger partial charge in [0.05, 0.1) is 11.7 Å². The van der Waals surface area contributed by atoms with Gasteiger partial charge in [-0.2, -0.15) is 0 Å². The van der Waals surface area contributed by atoms with Crippen LogP contribution >= 0.6 is 0 Å².